The number of hydrogen-bond acceptors (Lipinski definition) is 8. The van der Waals surface area contributed by atoms with Gasteiger partial charge in [-0.15, -0.1) is 0 Å². The lowest BCUT2D eigenvalue weighted by Gasteiger charge is -2.32. The zero-order valence-corrected chi connectivity index (χ0v) is 24.8. The molecule has 1 aliphatic heterocycles. The van der Waals surface area contributed by atoms with Gasteiger partial charge >= 0.3 is 39.5 Å². The summed E-state index contributed by atoms with van der Waals surface area (Å²) in [6.45, 7) is 0. The second-order valence-corrected chi connectivity index (χ2v) is 13.5. The third kappa shape index (κ3) is 5.05. The molecule has 37 heavy (non-hydrogen) atoms. The highest BCUT2D eigenvalue weighted by Gasteiger charge is 2.72. The van der Waals surface area contributed by atoms with Crippen molar-refractivity contribution >= 4 is 95.8 Å². The zero-order valence-electron chi connectivity index (χ0n) is 17.5. The lowest BCUT2D eigenvalue weighted by atomic mass is 9.80. The number of hydrogen-bond donors (Lipinski definition) is 1. The molecule has 1 heterocycles. The van der Waals surface area contributed by atoms with Gasteiger partial charge in [0.15, 0.2) is 0 Å². The van der Waals surface area contributed by atoms with E-state index in [4.69, 9.17) is 14.0 Å². The molecule has 18 heteroatoms. The summed E-state index contributed by atoms with van der Waals surface area (Å²) in [4.78, 5) is 38.2. The van der Waals surface area contributed by atoms with Crippen molar-refractivity contribution in [2.45, 2.75) is 36.2 Å². The van der Waals surface area contributed by atoms with E-state index in [1.165, 1.54) is 6.07 Å². The van der Waals surface area contributed by atoms with Crippen molar-refractivity contribution in [2.75, 3.05) is 0 Å². The van der Waals surface area contributed by atoms with Crippen LogP contribution >= 0.6 is 67.8 Å². The van der Waals surface area contributed by atoms with E-state index in [9.17, 15) is 44.8 Å². The van der Waals surface area contributed by atoms with Crippen LogP contribution in [0.25, 0.3) is 0 Å². The van der Waals surface area contributed by atoms with Crippen LogP contribution in [0.5, 0.6) is 0 Å². The number of halogens is 8. The number of carbonyl (C=O) groups is 3. The molecule has 1 aromatic rings. The summed E-state index contributed by atoms with van der Waals surface area (Å²) in [5, 5.41) is -5.92. The Kier molecular flexibility index (Phi) is 7.76. The molecule has 2 bridgehead atoms. The molecule has 2 aliphatic carbocycles. The molecule has 3 aliphatic rings. The van der Waals surface area contributed by atoms with Crippen molar-refractivity contribution < 1.29 is 63.5 Å². The number of fused-ring (bicyclic) bond motifs is 1. The van der Waals surface area contributed by atoms with Gasteiger partial charge in [0.05, 0.1) is 5.56 Å². The van der Waals surface area contributed by atoms with Gasteiger partial charge in [-0.3, -0.25) is 14.1 Å². The fourth-order valence-electron chi connectivity index (χ4n) is 5.00. The summed E-state index contributed by atoms with van der Waals surface area (Å²) in [6.07, 6.45) is -13.3. The van der Waals surface area contributed by atoms with E-state index in [0.717, 1.165) is 0 Å². The quantitative estimate of drug-likeness (QED) is 0.113. The monoisotopic (exact) mass is 892 g/mol. The Morgan fingerprint density at radius 2 is 1.73 bits per heavy atom. The summed E-state index contributed by atoms with van der Waals surface area (Å²) in [7, 11) is -6.64. The highest BCUT2D eigenvalue weighted by Crippen LogP contribution is 2.59. The Morgan fingerprint density at radius 3 is 2.30 bits per heavy atom. The summed E-state index contributed by atoms with van der Waals surface area (Å²) in [5.74, 6) is -8.37. The number of rotatable bonds is 6. The molecular formula is C19H12F5I3O9S. The lowest BCUT2D eigenvalue weighted by molar-refractivity contribution is -0.262. The van der Waals surface area contributed by atoms with E-state index in [2.05, 4.69) is 4.74 Å². The second-order valence-electron chi connectivity index (χ2n) is 8.53. The fraction of sp³-hybridized carbons (Fsp3) is 0.526. The molecular weight excluding hydrogens is 880 g/mol. The molecule has 0 aromatic heterocycles. The standard InChI is InChI=1S/C19H12F5I3O9S/c20-18(21,22)17(19(23,24)37(31,32)33)36-16(30)10-6-3-5-9(15(29)35-13(5)10)12(6)34-14(28)7-1-4(25)2-8(26)11(7)27/h1-2,5-6,9-10,12-13,17H,3H2,(H,31,32,33). The molecule has 1 aromatic carbocycles. The normalized spacial score (nSPS) is 29.7. The molecule has 0 radical (unpaired) electrons. The van der Waals surface area contributed by atoms with Gasteiger partial charge in [0.2, 0.25) is 0 Å². The van der Waals surface area contributed by atoms with Crippen LogP contribution in [0, 0.1) is 34.4 Å². The Hall–Kier alpha value is -0.620. The van der Waals surface area contributed by atoms with Gasteiger partial charge in [0, 0.05) is 22.5 Å². The molecule has 7 unspecified atom stereocenters. The van der Waals surface area contributed by atoms with Crippen molar-refractivity contribution in [3.63, 3.8) is 0 Å². The van der Waals surface area contributed by atoms with E-state index in [1.54, 1.807) is 6.07 Å². The Morgan fingerprint density at radius 1 is 1.11 bits per heavy atom. The molecule has 4 rings (SSSR count). The SMILES string of the molecule is O=C(OC1C2CC3C(OC(=O)C31)C2C(=O)OC(C(F)(F)F)C(F)(F)S(=O)(=O)O)c1cc(I)cc(I)c1I. The van der Waals surface area contributed by atoms with Gasteiger partial charge in [-0.1, -0.05) is 0 Å². The largest absolute Gasteiger partial charge is 0.461 e. The number of carbonyl (C=O) groups excluding carboxylic acids is 3. The van der Waals surface area contributed by atoms with E-state index >= 15 is 0 Å². The average Bonchev–Trinajstić information content (AvgIpc) is 3.35. The molecule has 1 N–H and O–H groups in total. The average molecular weight is 892 g/mol. The van der Waals surface area contributed by atoms with Crippen molar-refractivity contribution in [1.29, 1.82) is 0 Å². The Bertz CT molecular complexity index is 1290. The van der Waals surface area contributed by atoms with Gasteiger partial charge in [-0.25, -0.2) is 4.79 Å². The fourth-order valence-corrected chi connectivity index (χ4v) is 7.83. The van der Waals surface area contributed by atoms with Crippen LogP contribution < -0.4 is 0 Å². The summed E-state index contributed by atoms with van der Waals surface area (Å²) in [5.41, 5.74) is 0.131. The van der Waals surface area contributed by atoms with E-state index < -0.39 is 81.4 Å². The first kappa shape index (κ1) is 29.4. The first-order valence-electron chi connectivity index (χ1n) is 10.0. The van der Waals surface area contributed by atoms with Gasteiger partial charge in [-0.05, 0) is 86.3 Å². The highest BCUT2D eigenvalue weighted by atomic mass is 127. The molecule has 3 fully saturated rings. The van der Waals surface area contributed by atoms with E-state index in [-0.39, 0.29) is 12.0 Å². The number of alkyl halides is 5. The summed E-state index contributed by atoms with van der Waals surface area (Å²) >= 11 is 5.85. The molecule has 2 saturated carbocycles. The Labute approximate surface area is 245 Å². The predicted molar refractivity (Wildman–Crippen MR) is 135 cm³/mol. The number of benzene rings is 1. The topological polar surface area (TPSA) is 133 Å². The maximum Gasteiger partial charge on any atom is 0.432 e. The predicted octanol–water partition coefficient (Wildman–Crippen LogP) is 3.79. The van der Waals surface area contributed by atoms with Gasteiger partial charge in [0.25, 0.3) is 6.10 Å². The van der Waals surface area contributed by atoms with Crippen LogP contribution in [-0.4, -0.2) is 60.6 Å². The minimum atomic E-state index is -6.64. The van der Waals surface area contributed by atoms with Crippen LogP contribution in [0.2, 0.25) is 0 Å². The van der Waals surface area contributed by atoms with Crippen LogP contribution in [0.1, 0.15) is 16.8 Å². The summed E-state index contributed by atoms with van der Waals surface area (Å²) < 4.78 is 115. The molecule has 0 amide bonds. The second kappa shape index (κ2) is 9.78. The van der Waals surface area contributed by atoms with E-state index in [1.807, 2.05) is 67.8 Å². The molecule has 1 saturated heterocycles. The number of esters is 3. The number of ether oxygens (including phenoxy) is 3. The van der Waals surface area contributed by atoms with Crippen molar-refractivity contribution in [1.82, 2.24) is 0 Å². The van der Waals surface area contributed by atoms with Crippen molar-refractivity contribution in [3.8, 4) is 0 Å². The smallest absolute Gasteiger partial charge is 0.432 e. The minimum absolute atomic E-state index is 0.0227. The van der Waals surface area contributed by atoms with Crippen molar-refractivity contribution in [2.24, 2.45) is 23.7 Å². The molecule has 0 spiro atoms. The van der Waals surface area contributed by atoms with E-state index in [0.29, 0.717) is 10.7 Å². The van der Waals surface area contributed by atoms with Crippen LogP contribution in [-0.2, 0) is 33.9 Å². The third-order valence-corrected chi connectivity index (χ3v) is 11.0. The van der Waals surface area contributed by atoms with Crippen LogP contribution in [0.15, 0.2) is 12.1 Å². The maximum atomic E-state index is 13.9. The first-order valence-corrected chi connectivity index (χ1v) is 14.7. The third-order valence-electron chi connectivity index (χ3n) is 6.45. The van der Waals surface area contributed by atoms with Crippen molar-refractivity contribution in [3.05, 3.63) is 28.4 Å². The van der Waals surface area contributed by atoms with Gasteiger partial charge in [-0.2, -0.15) is 30.4 Å². The lowest BCUT2D eigenvalue weighted by Crippen LogP contribution is -2.54. The minimum Gasteiger partial charge on any atom is -0.461 e. The summed E-state index contributed by atoms with van der Waals surface area (Å²) in [6, 6.07) is 3.29. The van der Waals surface area contributed by atoms with Crippen LogP contribution in [0.3, 0.4) is 0 Å². The molecule has 204 valence electrons. The molecule has 9 nitrogen and oxygen atoms in total. The highest BCUT2D eigenvalue weighted by molar-refractivity contribution is 14.1. The van der Waals surface area contributed by atoms with Crippen LogP contribution in [0.4, 0.5) is 22.0 Å². The Balaban J connectivity index is 1.62. The van der Waals surface area contributed by atoms with Gasteiger partial charge in [0.1, 0.15) is 24.0 Å². The molecule has 7 atom stereocenters. The maximum absolute atomic E-state index is 13.9. The van der Waals surface area contributed by atoms with Gasteiger partial charge < -0.3 is 14.2 Å². The first-order chi connectivity index (χ1) is 16.9. The zero-order chi connectivity index (χ0) is 27.8.